The third kappa shape index (κ3) is 3.17. The van der Waals surface area contributed by atoms with Crippen molar-refractivity contribution >= 4 is 35.1 Å². The highest BCUT2D eigenvalue weighted by molar-refractivity contribution is 6.67. The van der Waals surface area contributed by atoms with Crippen molar-refractivity contribution in [1.29, 1.82) is 0 Å². The fourth-order valence-corrected chi connectivity index (χ4v) is 2.50. The molecule has 1 N–H and O–H groups in total. The Labute approximate surface area is 141 Å². The van der Waals surface area contributed by atoms with Crippen LogP contribution in [0.15, 0.2) is 40.6 Å². The standard InChI is InChI=1S/C14H11BN4O6/c1-15-11-4-9(3-2-8(11)7-25-15)16-17-10-5-12(18(21)22)14(20)13(6-10)19(23)24/h2-6,20H,7H2,1H3. The van der Waals surface area contributed by atoms with Gasteiger partial charge in [0.2, 0.25) is 0 Å². The van der Waals surface area contributed by atoms with Crippen molar-refractivity contribution in [2.24, 2.45) is 10.2 Å². The molecule has 0 bridgehead atoms. The average Bonchev–Trinajstić information content (AvgIpc) is 2.94. The number of nitro benzene ring substituents is 2. The minimum atomic E-state index is -1.02. The zero-order chi connectivity index (χ0) is 18.1. The molecule has 0 aromatic heterocycles. The smallest absolute Gasteiger partial charge is 0.324 e. The number of hydrogen-bond acceptors (Lipinski definition) is 8. The molecule has 1 heterocycles. The SMILES string of the molecule is CB1OCc2ccc(N=Nc3cc([N+](=O)[O-])c(O)c([N+](=O)[O-])c3)cc21. The topological polar surface area (TPSA) is 140 Å². The first-order valence-electron chi connectivity index (χ1n) is 7.19. The van der Waals surface area contributed by atoms with Crippen molar-refractivity contribution in [3.8, 4) is 5.75 Å². The number of nitro groups is 2. The molecule has 0 amide bonds. The molecule has 3 rings (SSSR count). The number of hydrogen-bond donors (Lipinski definition) is 1. The maximum atomic E-state index is 10.9. The lowest BCUT2D eigenvalue weighted by atomic mass is 9.64. The lowest BCUT2D eigenvalue weighted by Gasteiger charge is -2.01. The van der Waals surface area contributed by atoms with E-state index in [1.54, 1.807) is 12.1 Å². The molecule has 0 atom stereocenters. The summed E-state index contributed by atoms with van der Waals surface area (Å²) in [4.78, 5) is 20.0. The predicted molar refractivity (Wildman–Crippen MR) is 88.1 cm³/mol. The molecule has 1 aliphatic rings. The van der Waals surface area contributed by atoms with E-state index in [-0.39, 0.29) is 12.6 Å². The summed E-state index contributed by atoms with van der Waals surface area (Å²) in [6, 6.07) is 7.16. The van der Waals surface area contributed by atoms with Crippen LogP contribution in [-0.4, -0.2) is 21.9 Å². The van der Waals surface area contributed by atoms with Crippen LogP contribution in [0.1, 0.15) is 5.56 Å². The van der Waals surface area contributed by atoms with E-state index in [0.717, 1.165) is 23.2 Å². The highest BCUT2D eigenvalue weighted by Crippen LogP contribution is 2.39. The highest BCUT2D eigenvalue weighted by Gasteiger charge is 2.26. The first-order valence-corrected chi connectivity index (χ1v) is 7.19. The second-order valence-electron chi connectivity index (χ2n) is 5.38. The quantitative estimate of drug-likeness (QED) is 0.392. The zero-order valence-corrected chi connectivity index (χ0v) is 12.9. The number of phenolic OH excluding ortho intramolecular Hbond substituents is 1. The number of benzene rings is 2. The number of fused-ring (bicyclic) bond motifs is 1. The highest BCUT2D eigenvalue weighted by atomic mass is 16.6. The Morgan fingerprint density at radius 1 is 1.08 bits per heavy atom. The van der Waals surface area contributed by atoms with E-state index in [1.807, 2.05) is 12.9 Å². The number of azo groups is 1. The monoisotopic (exact) mass is 342 g/mol. The summed E-state index contributed by atoms with van der Waals surface area (Å²) in [6.07, 6.45) is 0. The Morgan fingerprint density at radius 3 is 2.28 bits per heavy atom. The summed E-state index contributed by atoms with van der Waals surface area (Å²) in [5.41, 5.74) is 0.773. The van der Waals surface area contributed by atoms with Gasteiger partial charge in [-0.3, -0.25) is 20.2 Å². The van der Waals surface area contributed by atoms with Gasteiger partial charge in [0.25, 0.3) is 5.75 Å². The van der Waals surface area contributed by atoms with Crippen LogP contribution in [-0.2, 0) is 11.3 Å². The Morgan fingerprint density at radius 2 is 1.68 bits per heavy atom. The number of phenols is 1. The van der Waals surface area contributed by atoms with Crippen LogP contribution < -0.4 is 5.46 Å². The summed E-state index contributed by atoms with van der Waals surface area (Å²) in [7, 11) is 0. The van der Waals surface area contributed by atoms with Crippen molar-refractivity contribution in [3.05, 3.63) is 56.1 Å². The largest absolute Gasteiger partial charge is 0.497 e. The van der Waals surface area contributed by atoms with Gasteiger partial charge in [0.1, 0.15) is 0 Å². The summed E-state index contributed by atoms with van der Waals surface area (Å²) in [5, 5.41) is 39.2. The zero-order valence-electron chi connectivity index (χ0n) is 12.9. The van der Waals surface area contributed by atoms with E-state index in [1.165, 1.54) is 0 Å². The van der Waals surface area contributed by atoms with E-state index in [2.05, 4.69) is 10.2 Å². The van der Waals surface area contributed by atoms with E-state index in [4.69, 9.17) is 4.65 Å². The van der Waals surface area contributed by atoms with Crippen molar-refractivity contribution in [1.82, 2.24) is 0 Å². The molecule has 1 aliphatic heterocycles. The molecule has 126 valence electrons. The second-order valence-corrected chi connectivity index (χ2v) is 5.38. The van der Waals surface area contributed by atoms with Crippen LogP contribution >= 0.6 is 0 Å². The number of rotatable bonds is 4. The maximum absolute atomic E-state index is 10.9. The molecule has 25 heavy (non-hydrogen) atoms. The van der Waals surface area contributed by atoms with Crippen LogP contribution in [0.2, 0.25) is 6.82 Å². The predicted octanol–water partition coefficient (Wildman–Crippen LogP) is 2.98. The van der Waals surface area contributed by atoms with Crippen LogP contribution in [0.4, 0.5) is 22.7 Å². The molecule has 0 saturated carbocycles. The Hall–Kier alpha value is -3.34. The fourth-order valence-electron chi connectivity index (χ4n) is 2.50. The minimum absolute atomic E-state index is 0.0685. The van der Waals surface area contributed by atoms with Gasteiger partial charge in [-0.25, -0.2) is 0 Å². The van der Waals surface area contributed by atoms with E-state index >= 15 is 0 Å². The van der Waals surface area contributed by atoms with Gasteiger partial charge in [0, 0.05) is 12.1 Å². The summed E-state index contributed by atoms with van der Waals surface area (Å²) in [6.45, 7) is 2.35. The van der Waals surface area contributed by atoms with Crippen LogP contribution in [0.5, 0.6) is 5.75 Å². The molecular formula is C14H11BN4O6. The fraction of sp³-hybridized carbons (Fsp3) is 0.143. The Kier molecular flexibility index (Phi) is 4.15. The first-order chi connectivity index (χ1) is 11.9. The van der Waals surface area contributed by atoms with Crippen molar-refractivity contribution < 1.29 is 19.6 Å². The van der Waals surface area contributed by atoms with Gasteiger partial charge in [0.05, 0.1) is 27.8 Å². The molecule has 2 aromatic rings. The molecule has 2 aromatic carbocycles. The summed E-state index contributed by atoms with van der Waals surface area (Å²) >= 11 is 0. The molecular weight excluding hydrogens is 331 g/mol. The average molecular weight is 342 g/mol. The van der Waals surface area contributed by atoms with Gasteiger partial charge < -0.3 is 9.76 Å². The van der Waals surface area contributed by atoms with Gasteiger partial charge in [0.15, 0.2) is 0 Å². The molecule has 0 saturated heterocycles. The van der Waals surface area contributed by atoms with Crippen LogP contribution in [0.25, 0.3) is 0 Å². The molecule has 11 heteroatoms. The molecule has 0 spiro atoms. The molecule has 0 radical (unpaired) electrons. The van der Waals surface area contributed by atoms with Crippen molar-refractivity contribution in [2.75, 3.05) is 0 Å². The third-order valence-electron chi connectivity index (χ3n) is 3.79. The van der Waals surface area contributed by atoms with Crippen LogP contribution in [0, 0.1) is 20.2 Å². The number of aromatic hydroxyl groups is 1. The molecule has 0 fully saturated rings. The van der Waals surface area contributed by atoms with Gasteiger partial charge in [-0.05, 0) is 23.2 Å². The summed E-state index contributed by atoms with van der Waals surface area (Å²) < 4.78 is 5.49. The second kappa shape index (κ2) is 6.28. The van der Waals surface area contributed by atoms with Crippen molar-refractivity contribution in [2.45, 2.75) is 13.4 Å². The van der Waals surface area contributed by atoms with Crippen molar-refractivity contribution in [3.63, 3.8) is 0 Å². The molecule has 0 unspecified atom stereocenters. The first kappa shape index (κ1) is 16.5. The van der Waals surface area contributed by atoms with E-state index < -0.39 is 27.0 Å². The summed E-state index contributed by atoms with van der Waals surface area (Å²) in [5.74, 6) is -1.02. The van der Waals surface area contributed by atoms with Gasteiger partial charge in [-0.15, -0.1) is 0 Å². The lowest BCUT2D eigenvalue weighted by molar-refractivity contribution is -0.396. The van der Waals surface area contributed by atoms with E-state index in [9.17, 15) is 25.3 Å². The van der Waals surface area contributed by atoms with E-state index in [0.29, 0.717) is 12.3 Å². The molecule has 0 aliphatic carbocycles. The lowest BCUT2D eigenvalue weighted by Crippen LogP contribution is -2.23. The van der Waals surface area contributed by atoms with Gasteiger partial charge in [-0.1, -0.05) is 12.9 Å². The van der Waals surface area contributed by atoms with Gasteiger partial charge >= 0.3 is 18.3 Å². The van der Waals surface area contributed by atoms with Crippen LogP contribution in [0.3, 0.4) is 0 Å². The normalized spacial score (nSPS) is 13.2. The molecule has 10 nitrogen and oxygen atoms in total. The number of nitrogens with zero attached hydrogens (tertiary/aromatic N) is 4. The Balaban J connectivity index is 1.97. The Bertz CT molecular complexity index is 881. The third-order valence-corrected chi connectivity index (χ3v) is 3.79. The van der Waals surface area contributed by atoms with Gasteiger partial charge in [-0.2, -0.15) is 10.2 Å². The minimum Gasteiger partial charge on any atom is -0.497 e. The maximum Gasteiger partial charge on any atom is 0.324 e.